The minimum atomic E-state index is -0.0200. The summed E-state index contributed by atoms with van der Waals surface area (Å²) < 4.78 is 1.88. The van der Waals surface area contributed by atoms with Crippen LogP contribution in [0.4, 0.5) is 0 Å². The molecule has 5 nitrogen and oxygen atoms in total. The number of nitrogens with zero attached hydrogens (tertiary/aromatic N) is 2. The maximum absolute atomic E-state index is 12.1. The third kappa shape index (κ3) is 2.31. The van der Waals surface area contributed by atoms with Crippen LogP contribution in [0.2, 0.25) is 0 Å². The molecule has 1 aliphatic heterocycles. The van der Waals surface area contributed by atoms with E-state index in [-0.39, 0.29) is 11.7 Å². The highest BCUT2D eigenvalue weighted by Crippen LogP contribution is 2.24. The van der Waals surface area contributed by atoms with Crippen molar-refractivity contribution in [1.29, 1.82) is 0 Å². The van der Waals surface area contributed by atoms with Gasteiger partial charge in [-0.15, -0.1) is 0 Å². The molecule has 1 aromatic carbocycles. The molecule has 0 aliphatic carbocycles. The number of aliphatic hydroxyl groups is 1. The first-order valence-corrected chi connectivity index (χ1v) is 6.67. The number of piperidine rings is 1. The van der Waals surface area contributed by atoms with Crippen molar-refractivity contribution in [2.45, 2.75) is 18.9 Å². The number of likely N-dealkylation sites (tertiary alicyclic amines) is 1. The van der Waals surface area contributed by atoms with Crippen LogP contribution < -0.4 is 5.69 Å². The van der Waals surface area contributed by atoms with Crippen molar-refractivity contribution < 1.29 is 5.11 Å². The number of aromatic nitrogens is 2. The summed E-state index contributed by atoms with van der Waals surface area (Å²) in [7, 11) is 0. The second kappa shape index (κ2) is 5.19. The van der Waals surface area contributed by atoms with Crippen molar-refractivity contribution in [3.8, 4) is 0 Å². The van der Waals surface area contributed by atoms with Gasteiger partial charge in [-0.2, -0.15) is 0 Å². The van der Waals surface area contributed by atoms with E-state index < -0.39 is 0 Å². The smallest absolute Gasteiger partial charge is 0.326 e. The number of aromatic amines is 1. The first-order chi connectivity index (χ1) is 9.29. The second-order valence-electron chi connectivity index (χ2n) is 5.03. The van der Waals surface area contributed by atoms with E-state index in [1.165, 1.54) is 6.61 Å². The lowest BCUT2D eigenvalue weighted by atomic mass is 10.0. The summed E-state index contributed by atoms with van der Waals surface area (Å²) in [6.07, 6.45) is 1.88. The summed E-state index contributed by atoms with van der Waals surface area (Å²) in [5, 5.41) is 8.83. The zero-order chi connectivity index (χ0) is 13.2. The van der Waals surface area contributed by atoms with Crippen LogP contribution in [0.5, 0.6) is 0 Å². The van der Waals surface area contributed by atoms with Crippen molar-refractivity contribution in [2.75, 3.05) is 19.6 Å². The molecular weight excluding hydrogens is 242 g/mol. The number of nitrogens with one attached hydrogen (secondary N) is 1. The fourth-order valence-corrected chi connectivity index (χ4v) is 2.91. The van der Waals surface area contributed by atoms with Crippen molar-refractivity contribution in [1.82, 2.24) is 14.5 Å². The van der Waals surface area contributed by atoms with Gasteiger partial charge in [0.25, 0.3) is 0 Å². The minimum absolute atomic E-state index is 0.0200. The number of H-pyrrole nitrogens is 1. The first kappa shape index (κ1) is 12.4. The average Bonchev–Trinajstić information content (AvgIpc) is 2.76. The Hall–Kier alpha value is -1.59. The zero-order valence-corrected chi connectivity index (χ0v) is 10.7. The number of fused-ring (bicyclic) bond motifs is 1. The summed E-state index contributed by atoms with van der Waals surface area (Å²) in [6, 6.07) is 8.06. The van der Waals surface area contributed by atoms with Gasteiger partial charge in [0.15, 0.2) is 0 Å². The Morgan fingerprint density at radius 3 is 2.79 bits per heavy atom. The summed E-state index contributed by atoms with van der Waals surface area (Å²) in [6.45, 7) is 3.62. The van der Waals surface area contributed by atoms with Crippen LogP contribution in [0.15, 0.2) is 29.1 Å². The molecule has 1 radical (unpaired) electrons. The van der Waals surface area contributed by atoms with Crippen LogP contribution in [0.25, 0.3) is 11.0 Å². The van der Waals surface area contributed by atoms with E-state index in [0.717, 1.165) is 37.0 Å². The predicted molar refractivity (Wildman–Crippen MR) is 73.5 cm³/mol. The van der Waals surface area contributed by atoms with Crippen molar-refractivity contribution in [2.24, 2.45) is 0 Å². The lowest BCUT2D eigenvalue weighted by Gasteiger charge is -2.31. The molecule has 1 fully saturated rings. The van der Waals surface area contributed by atoms with E-state index in [9.17, 15) is 4.79 Å². The first-order valence-electron chi connectivity index (χ1n) is 6.67. The van der Waals surface area contributed by atoms with Gasteiger partial charge in [-0.1, -0.05) is 12.1 Å². The number of para-hydroxylation sites is 2. The van der Waals surface area contributed by atoms with Gasteiger partial charge in [0.05, 0.1) is 17.6 Å². The summed E-state index contributed by atoms with van der Waals surface area (Å²) in [4.78, 5) is 17.2. The van der Waals surface area contributed by atoms with Gasteiger partial charge in [0, 0.05) is 25.7 Å². The second-order valence-corrected chi connectivity index (χ2v) is 5.03. The van der Waals surface area contributed by atoms with E-state index >= 15 is 0 Å². The van der Waals surface area contributed by atoms with E-state index in [0.29, 0.717) is 6.54 Å². The number of hydrogen-bond donors (Lipinski definition) is 2. The fraction of sp³-hybridized carbons (Fsp3) is 0.429. The van der Waals surface area contributed by atoms with Gasteiger partial charge >= 0.3 is 5.69 Å². The summed E-state index contributed by atoms with van der Waals surface area (Å²) >= 11 is 0. The number of imidazole rings is 1. The number of aliphatic hydroxyl groups excluding tert-OH is 1. The average molecular weight is 260 g/mol. The molecule has 3 rings (SSSR count). The quantitative estimate of drug-likeness (QED) is 0.879. The molecule has 5 heteroatoms. The topological polar surface area (TPSA) is 61.3 Å². The molecule has 0 atom stereocenters. The van der Waals surface area contributed by atoms with Crippen LogP contribution in [0.3, 0.4) is 0 Å². The van der Waals surface area contributed by atoms with Gasteiger partial charge in [0.1, 0.15) is 0 Å². The molecule has 0 bridgehead atoms. The molecule has 0 amide bonds. The highest BCUT2D eigenvalue weighted by Gasteiger charge is 2.22. The van der Waals surface area contributed by atoms with Gasteiger partial charge in [-0.3, -0.25) is 4.57 Å². The zero-order valence-electron chi connectivity index (χ0n) is 10.7. The molecule has 101 valence electrons. The molecule has 2 aromatic rings. The van der Waals surface area contributed by atoms with E-state index in [4.69, 9.17) is 5.11 Å². The maximum atomic E-state index is 12.1. The molecule has 2 heterocycles. The molecule has 19 heavy (non-hydrogen) atoms. The number of benzene rings is 1. The standard InChI is InChI=1S/C14H18N3O2/c18-10-9-16-7-5-11(6-8-16)17-13-4-2-1-3-12(13)15-14(17)19/h1-4,10-11,18H,5-9H2,(H,15,19). The van der Waals surface area contributed by atoms with E-state index in [1.54, 1.807) is 0 Å². The molecule has 0 spiro atoms. The Labute approximate surface area is 111 Å². The highest BCUT2D eigenvalue weighted by molar-refractivity contribution is 5.75. The third-order valence-corrected chi connectivity index (χ3v) is 3.89. The Kier molecular flexibility index (Phi) is 3.40. The van der Waals surface area contributed by atoms with Crippen LogP contribution in [-0.4, -0.2) is 39.2 Å². The lowest BCUT2D eigenvalue weighted by Crippen LogP contribution is -2.37. The normalized spacial score (nSPS) is 18.2. The molecule has 2 N–H and O–H groups in total. The molecule has 1 aromatic heterocycles. The van der Waals surface area contributed by atoms with Crippen molar-refractivity contribution in [3.63, 3.8) is 0 Å². The molecule has 0 saturated carbocycles. The lowest BCUT2D eigenvalue weighted by molar-refractivity contribution is 0.176. The molecule has 1 aliphatic rings. The number of rotatable bonds is 3. The SMILES string of the molecule is O=c1[nH]c2ccccc2n1C1CCN(C[CH]O)CC1. The monoisotopic (exact) mass is 260 g/mol. The Morgan fingerprint density at radius 2 is 2.05 bits per heavy atom. The van der Waals surface area contributed by atoms with Crippen LogP contribution in [0.1, 0.15) is 18.9 Å². The van der Waals surface area contributed by atoms with Gasteiger partial charge in [-0.05, 0) is 25.0 Å². The highest BCUT2D eigenvalue weighted by atomic mass is 16.3. The van der Waals surface area contributed by atoms with Gasteiger partial charge in [-0.25, -0.2) is 4.79 Å². The predicted octanol–water partition coefficient (Wildman–Crippen LogP) is 1.50. The van der Waals surface area contributed by atoms with Crippen molar-refractivity contribution in [3.05, 3.63) is 41.4 Å². The Balaban J connectivity index is 1.86. The largest absolute Gasteiger partial charge is 0.389 e. The summed E-state index contributed by atoms with van der Waals surface area (Å²) in [5.41, 5.74) is 1.87. The van der Waals surface area contributed by atoms with Crippen molar-refractivity contribution >= 4 is 11.0 Å². The van der Waals surface area contributed by atoms with Crippen LogP contribution >= 0.6 is 0 Å². The fourth-order valence-electron chi connectivity index (χ4n) is 2.91. The molecule has 1 saturated heterocycles. The van der Waals surface area contributed by atoms with Gasteiger partial charge < -0.3 is 15.0 Å². The van der Waals surface area contributed by atoms with Crippen LogP contribution in [0, 0.1) is 6.61 Å². The Morgan fingerprint density at radius 1 is 1.32 bits per heavy atom. The summed E-state index contributed by atoms with van der Waals surface area (Å²) in [5.74, 6) is 0. The Bertz CT molecular complexity index is 608. The molecule has 0 unspecified atom stereocenters. The van der Waals surface area contributed by atoms with Crippen LogP contribution in [-0.2, 0) is 0 Å². The van der Waals surface area contributed by atoms with Gasteiger partial charge in [0.2, 0.25) is 0 Å². The van der Waals surface area contributed by atoms with E-state index in [2.05, 4.69) is 9.88 Å². The molecular formula is C14H18N3O2. The third-order valence-electron chi connectivity index (χ3n) is 3.89. The minimum Gasteiger partial charge on any atom is -0.389 e. The number of hydrogen-bond acceptors (Lipinski definition) is 3. The van der Waals surface area contributed by atoms with E-state index in [1.807, 2.05) is 28.8 Å². The maximum Gasteiger partial charge on any atom is 0.326 e.